The molecule has 4 rings (SSSR count). The Balaban J connectivity index is 1.62. The molecule has 0 N–H and O–H groups in total. The summed E-state index contributed by atoms with van der Waals surface area (Å²) in [6.45, 7) is 8.51. The SMILES string of the molecule is Cc1c(N(Cc2ccc(OC(F)(F)F)cc2)S(=O)(=O)CCN2CC(C)CC(C)C2)sc2ccccc12. The minimum absolute atomic E-state index is 0.0229. The molecule has 0 aliphatic carbocycles. The lowest BCUT2D eigenvalue weighted by atomic mass is 9.92. The van der Waals surface area contributed by atoms with Gasteiger partial charge in [-0.2, -0.15) is 0 Å². The summed E-state index contributed by atoms with van der Waals surface area (Å²) in [7, 11) is -3.73. The molecular formula is C26H31F3N2O3S2. The number of fused-ring (bicyclic) bond motifs is 1. The van der Waals surface area contributed by atoms with Crippen molar-refractivity contribution in [3.05, 3.63) is 59.7 Å². The molecule has 1 aromatic heterocycles. The number of aryl methyl sites for hydroxylation is 1. The van der Waals surface area contributed by atoms with Gasteiger partial charge in [-0.25, -0.2) is 8.42 Å². The smallest absolute Gasteiger partial charge is 0.406 e. The number of hydrogen-bond acceptors (Lipinski definition) is 5. The first kappa shape index (κ1) is 26.8. The Bertz CT molecular complexity index is 1280. The van der Waals surface area contributed by atoms with E-state index in [1.165, 1.54) is 39.9 Å². The molecule has 2 heterocycles. The molecule has 0 radical (unpaired) electrons. The van der Waals surface area contributed by atoms with Crippen LogP contribution in [0.4, 0.5) is 18.2 Å². The Morgan fingerprint density at radius 1 is 1.06 bits per heavy atom. The number of piperidine rings is 1. The lowest BCUT2D eigenvalue weighted by Gasteiger charge is -2.35. The minimum Gasteiger partial charge on any atom is -0.406 e. The van der Waals surface area contributed by atoms with E-state index in [4.69, 9.17) is 0 Å². The summed E-state index contributed by atoms with van der Waals surface area (Å²) in [6.07, 6.45) is -3.64. The summed E-state index contributed by atoms with van der Waals surface area (Å²) >= 11 is 1.41. The first-order valence-electron chi connectivity index (χ1n) is 12.0. The Morgan fingerprint density at radius 2 is 1.69 bits per heavy atom. The fraction of sp³-hybridized carbons (Fsp3) is 0.462. The monoisotopic (exact) mass is 540 g/mol. The van der Waals surface area contributed by atoms with Gasteiger partial charge in [0.25, 0.3) is 0 Å². The van der Waals surface area contributed by atoms with E-state index >= 15 is 0 Å². The van der Waals surface area contributed by atoms with Crippen molar-refractivity contribution >= 4 is 36.4 Å². The van der Waals surface area contributed by atoms with Crippen molar-refractivity contribution in [3.63, 3.8) is 0 Å². The van der Waals surface area contributed by atoms with Crippen LogP contribution in [0.2, 0.25) is 0 Å². The predicted octanol–water partition coefficient (Wildman–Crippen LogP) is 6.42. The van der Waals surface area contributed by atoms with Crippen LogP contribution in [-0.2, 0) is 16.6 Å². The average Bonchev–Trinajstić information content (AvgIpc) is 3.12. The Morgan fingerprint density at radius 3 is 2.31 bits per heavy atom. The van der Waals surface area contributed by atoms with E-state index in [0.29, 0.717) is 28.9 Å². The van der Waals surface area contributed by atoms with Crippen molar-refractivity contribution in [2.24, 2.45) is 11.8 Å². The zero-order valence-electron chi connectivity index (χ0n) is 20.6. The highest BCUT2D eigenvalue weighted by Crippen LogP contribution is 2.39. The lowest BCUT2D eigenvalue weighted by molar-refractivity contribution is -0.274. The topological polar surface area (TPSA) is 49.9 Å². The van der Waals surface area contributed by atoms with Gasteiger partial charge in [0.05, 0.1) is 12.3 Å². The summed E-state index contributed by atoms with van der Waals surface area (Å²) in [5, 5.41) is 1.62. The van der Waals surface area contributed by atoms with E-state index in [-0.39, 0.29) is 18.0 Å². The first-order chi connectivity index (χ1) is 16.9. The van der Waals surface area contributed by atoms with Crippen LogP contribution in [0, 0.1) is 18.8 Å². The molecule has 2 unspecified atom stereocenters. The molecule has 36 heavy (non-hydrogen) atoms. The molecule has 3 aromatic rings. The average molecular weight is 541 g/mol. The summed E-state index contributed by atoms with van der Waals surface area (Å²) in [5.74, 6) is 0.673. The number of alkyl halides is 3. The maximum atomic E-state index is 13.8. The van der Waals surface area contributed by atoms with Crippen LogP contribution in [-0.4, -0.2) is 45.1 Å². The number of likely N-dealkylation sites (tertiary alicyclic amines) is 1. The van der Waals surface area contributed by atoms with E-state index in [9.17, 15) is 21.6 Å². The van der Waals surface area contributed by atoms with E-state index < -0.39 is 16.4 Å². The van der Waals surface area contributed by atoms with Crippen molar-refractivity contribution in [2.75, 3.05) is 29.7 Å². The summed E-state index contributed by atoms with van der Waals surface area (Å²) in [4.78, 5) is 2.22. The molecule has 2 atom stereocenters. The van der Waals surface area contributed by atoms with Crippen molar-refractivity contribution in [3.8, 4) is 5.75 Å². The van der Waals surface area contributed by atoms with E-state index in [1.807, 2.05) is 31.2 Å². The molecule has 5 nitrogen and oxygen atoms in total. The molecule has 0 bridgehead atoms. The molecule has 0 saturated carbocycles. The number of sulfonamides is 1. The molecule has 0 spiro atoms. The standard InChI is InChI=1S/C26H31F3N2O3S2/c1-18-14-19(2)16-30(15-18)12-13-36(32,33)31(25-20(3)23-6-4-5-7-24(23)35-25)17-21-8-10-22(11-9-21)34-26(27,28)29/h4-11,18-19H,12-17H2,1-3H3. The van der Waals surface area contributed by atoms with Gasteiger partial charge in [0.1, 0.15) is 10.8 Å². The van der Waals surface area contributed by atoms with Gasteiger partial charge in [-0.3, -0.25) is 4.31 Å². The Labute approximate surface area is 214 Å². The van der Waals surface area contributed by atoms with Gasteiger partial charge in [0, 0.05) is 24.3 Å². The number of ether oxygens (including phenoxy) is 1. The van der Waals surface area contributed by atoms with E-state index in [0.717, 1.165) is 35.2 Å². The molecule has 10 heteroatoms. The molecular weight excluding hydrogens is 509 g/mol. The molecule has 1 saturated heterocycles. The zero-order valence-corrected chi connectivity index (χ0v) is 22.2. The van der Waals surface area contributed by atoms with Gasteiger partial charge in [-0.05, 0) is 59.9 Å². The van der Waals surface area contributed by atoms with Gasteiger partial charge in [-0.15, -0.1) is 24.5 Å². The fourth-order valence-corrected chi connectivity index (χ4v) is 8.00. The highest BCUT2D eigenvalue weighted by Gasteiger charge is 2.32. The van der Waals surface area contributed by atoms with Crippen LogP contribution in [0.5, 0.6) is 5.75 Å². The van der Waals surface area contributed by atoms with E-state index in [2.05, 4.69) is 23.5 Å². The molecule has 1 fully saturated rings. The van der Waals surface area contributed by atoms with Crippen molar-refractivity contribution in [1.82, 2.24) is 4.90 Å². The van der Waals surface area contributed by atoms with Crippen LogP contribution < -0.4 is 9.04 Å². The molecule has 2 aromatic carbocycles. The third-order valence-corrected chi connectivity index (χ3v) is 9.57. The lowest BCUT2D eigenvalue weighted by Crippen LogP contribution is -2.43. The number of rotatable bonds is 8. The minimum atomic E-state index is -4.78. The van der Waals surface area contributed by atoms with Crippen LogP contribution in [0.25, 0.3) is 10.1 Å². The largest absolute Gasteiger partial charge is 0.573 e. The van der Waals surface area contributed by atoms with Crippen LogP contribution in [0.15, 0.2) is 48.5 Å². The normalized spacial score (nSPS) is 19.5. The molecule has 0 amide bonds. The molecule has 1 aliphatic rings. The summed E-state index contributed by atoms with van der Waals surface area (Å²) in [5.41, 5.74) is 1.45. The zero-order chi connectivity index (χ0) is 26.1. The number of thiophene rings is 1. The first-order valence-corrected chi connectivity index (χ1v) is 14.4. The number of anilines is 1. The van der Waals surface area contributed by atoms with Crippen LogP contribution in [0.3, 0.4) is 0 Å². The second-order valence-corrected chi connectivity index (χ2v) is 12.8. The van der Waals surface area contributed by atoms with Gasteiger partial charge < -0.3 is 9.64 Å². The number of hydrogen-bond donors (Lipinski definition) is 0. The summed E-state index contributed by atoms with van der Waals surface area (Å²) < 4.78 is 71.5. The number of benzene rings is 2. The molecule has 196 valence electrons. The van der Waals surface area contributed by atoms with Gasteiger partial charge in [0.15, 0.2) is 0 Å². The van der Waals surface area contributed by atoms with Gasteiger partial charge in [0.2, 0.25) is 10.0 Å². The Hall–Kier alpha value is -2.30. The third-order valence-electron chi connectivity index (χ3n) is 6.47. The van der Waals surface area contributed by atoms with Crippen LogP contribution in [0.1, 0.15) is 31.4 Å². The highest BCUT2D eigenvalue weighted by atomic mass is 32.2. The van der Waals surface area contributed by atoms with E-state index in [1.54, 1.807) is 0 Å². The second kappa shape index (κ2) is 10.6. The highest BCUT2D eigenvalue weighted by molar-refractivity contribution is 7.93. The maximum Gasteiger partial charge on any atom is 0.573 e. The second-order valence-electron chi connectivity index (χ2n) is 9.75. The quantitative estimate of drug-likeness (QED) is 0.331. The maximum absolute atomic E-state index is 13.8. The predicted molar refractivity (Wildman–Crippen MR) is 139 cm³/mol. The third kappa shape index (κ3) is 6.52. The fourth-order valence-electron chi connectivity index (χ4n) is 4.99. The summed E-state index contributed by atoms with van der Waals surface area (Å²) in [6, 6.07) is 13.1. The van der Waals surface area contributed by atoms with Crippen molar-refractivity contribution in [1.29, 1.82) is 0 Å². The van der Waals surface area contributed by atoms with Crippen LogP contribution >= 0.6 is 11.3 Å². The van der Waals surface area contributed by atoms with Gasteiger partial charge >= 0.3 is 6.36 Å². The van der Waals surface area contributed by atoms with Crippen molar-refractivity contribution < 1.29 is 26.3 Å². The number of nitrogens with zero attached hydrogens (tertiary/aromatic N) is 2. The Kier molecular flexibility index (Phi) is 7.87. The molecule has 1 aliphatic heterocycles. The van der Waals surface area contributed by atoms with Crippen molar-refractivity contribution in [2.45, 2.75) is 40.1 Å². The van der Waals surface area contributed by atoms with Gasteiger partial charge in [-0.1, -0.05) is 44.2 Å². The number of halogens is 3.